The lowest BCUT2D eigenvalue weighted by atomic mass is 9.92. The molecule has 0 radical (unpaired) electrons. The van der Waals surface area contributed by atoms with Crippen molar-refractivity contribution in [1.82, 2.24) is 0 Å². The van der Waals surface area contributed by atoms with Crippen LogP contribution in [0.2, 0.25) is 0 Å². The molecule has 0 saturated carbocycles. The zero-order valence-corrected chi connectivity index (χ0v) is 19.9. The Bertz CT molecular complexity index is 1390. The molecule has 0 bridgehead atoms. The van der Waals surface area contributed by atoms with Crippen LogP contribution in [-0.2, 0) is 5.67 Å². The van der Waals surface area contributed by atoms with E-state index in [-0.39, 0.29) is 17.7 Å². The van der Waals surface area contributed by atoms with Crippen molar-refractivity contribution in [3.8, 4) is 5.75 Å². The summed E-state index contributed by atoms with van der Waals surface area (Å²) in [7, 11) is 0. The van der Waals surface area contributed by atoms with Crippen LogP contribution in [-0.4, -0.2) is 30.8 Å². The van der Waals surface area contributed by atoms with Crippen LogP contribution in [0.4, 0.5) is 55.3 Å². The van der Waals surface area contributed by atoms with Crippen molar-refractivity contribution in [2.24, 2.45) is 0 Å². The van der Waals surface area contributed by atoms with E-state index in [1.165, 1.54) is 24.3 Å². The summed E-state index contributed by atoms with van der Waals surface area (Å²) in [5.74, 6) is -4.95. The number of ether oxygens (including phenoxy) is 1. The first kappa shape index (κ1) is 30.2. The fourth-order valence-electron chi connectivity index (χ4n) is 3.56. The average molecular weight is 582 g/mol. The van der Waals surface area contributed by atoms with Crippen molar-refractivity contribution >= 4 is 23.2 Å². The molecule has 0 heterocycles. The van der Waals surface area contributed by atoms with E-state index in [1.807, 2.05) is 5.32 Å². The van der Waals surface area contributed by atoms with E-state index < -0.39 is 76.1 Å². The maximum atomic E-state index is 15.1. The van der Waals surface area contributed by atoms with Gasteiger partial charge in [0, 0.05) is 11.1 Å². The van der Waals surface area contributed by atoms with Gasteiger partial charge in [0.05, 0.1) is 16.9 Å². The molecule has 0 spiro atoms. The molecule has 3 rings (SSSR count). The lowest BCUT2D eigenvalue weighted by molar-refractivity contribution is -0.348. The van der Waals surface area contributed by atoms with Gasteiger partial charge in [-0.25, -0.2) is 8.78 Å². The molecule has 0 aliphatic rings. The summed E-state index contributed by atoms with van der Waals surface area (Å²) in [6, 6.07) is 10.3. The molecule has 3 aromatic rings. The molecule has 3 aromatic carbocycles. The van der Waals surface area contributed by atoms with Crippen LogP contribution >= 0.6 is 0 Å². The Kier molecular flexibility index (Phi) is 8.36. The third kappa shape index (κ3) is 5.97. The largest absolute Gasteiger partial charge is 0.435 e. The van der Waals surface area contributed by atoms with E-state index in [4.69, 9.17) is 0 Å². The van der Waals surface area contributed by atoms with Gasteiger partial charge in [0.2, 0.25) is 0 Å². The summed E-state index contributed by atoms with van der Waals surface area (Å²) in [5, 5.41) is 4.09. The SMILES string of the molecule is Cc1cc(C(F)(C(F)(F)F)C(F)(F)F)cc(OC(F)F)c1NC(=O)c1cccc(NC(=O)c2ccccc2)c1F. The van der Waals surface area contributed by atoms with Crippen molar-refractivity contribution in [2.75, 3.05) is 10.6 Å². The molecule has 214 valence electrons. The predicted molar refractivity (Wildman–Crippen MR) is 121 cm³/mol. The summed E-state index contributed by atoms with van der Waals surface area (Å²) >= 11 is 0. The number of amides is 2. The quantitative estimate of drug-likeness (QED) is 0.283. The summed E-state index contributed by atoms with van der Waals surface area (Å²) in [4.78, 5) is 25.1. The van der Waals surface area contributed by atoms with E-state index in [2.05, 4.69) is 10.1 Å². The van der Waals surface area contributed by atoms with Gasteiger partial charge in [-0.2, -0.15) is 35.1 Å². The van der Waals surface area contributed by atoms with Gasteiger partial charge in [-0.05, 0) is 48.9 Å². The first-order chi connectivity index (χ1) is 18.5. The Morgan fingerprint density at radius 3 is 1.95 bits per heavy atom. The van der Waals surface area contributed by atoms with E-state index >= 15 is 4.39 Å². The lowest BCUT2D eigenvalue weighted by Gasteiger charge is -2.31. The number of benzene rings is 3. The van der Waals surface area contributed by atoms with Crippen LogP contribution in [0.25, 0.3) is 0 Å². The molecule has 0 atom stereocenters. The van der Waals surface area contributed by atoms with E-state index in [0.29, 0.717) is 0 Å². The number of rotatable bonds is 7. The van der Waals surface area contributed by atoms with Gasteiger partial charge in [0.1, 0.15) is 5.75 Å². The van der Waals surface area contributed by atoms with Crippen LogP contribution in [0.1, 0.15) is 31.8 Å². The van der Waals surface area contributed by atoms with Gasteiger partial charge in [-0.1, -0.05) is 24.3 Å². The first-order valence-corrected chi connectivity index (χ1v) is 10.9. The fourth-order valence-corrected chi connectivity index (χ4v) is 3.56. The number of carbonyl (C=O) groups is 2. The molecule has 0 saturated heterocycles. The van der Waals surface area contributed by atoms with Crippen LogP contribution in [0.15, 0.2) is 60.7 Å². The second-order valence-electron chi connectivity index (χ2n) is 8.14. The third-order valence-electron chi connectivity index (χ3n) is 5.46. The van der Waals surface area contributed by atoms with E-state index in [0.717, 1.165) is 25.1 Å². The summed E-state index contributed by atoms with van der Waals surface area (Å²) in [5.41, 5.74) is -10.9. The smallest absolute Gasteiger partial charge is 0.433 e. The van der Waals surface area contributed by atoms with Crippen molar-refractivity contribution in [3.63, 3.8) is 0 Å². The van der Waals surface area contributed by atoms with Crippen LogP contribution in [0.3, 0.4) is 0 Å². The summed E-state index contributed by atoms with van der Waals surface area (Å²) in [6.45, 7) is -3.05. The van der Waals surface area contributed by atoms with Crippen LogP contribution in [0.5, 0.6) is 5.75 Å². The van der Waals surface area contributed by atoms with Gasteiger partial charge < -0.3 is 15.4 Å². The number of hydrogen-bond acceptors (Lipinski definition) is 3. The Morgan fingerprint density at radius 2 is 1.40 bits per heavy atom. The van der Waals surface area contributed by atoms with Gasteiger partial charge in [-0.3, -0.25) is 9.59 Å². The predicted octanol–water partition coefficient (Wildman–Crippen LogP) is 7.53. The van der Waals surface area contributed by atoms with Crippen molar-refractivity contribution < 1.29 is 58.2 Å². The highest BCUT2D eigenvalue weighted by atomic mass is 19.4. The molecule has 0 aliphatic carbocycles. The van der Waals surface area contributed by atoms with Gasteiger partial charge >= 0.3 is 24.6 Å². The first-order valence-electron chi connectivity index (χ1n) is 10.9. The van der Waals surface area contributed by atoms with E-state index in [1.54, 1.807) is 6.07 Å². The second kappa shape index (κ2) is 11.1. The van der Waals surface area contributed by atoms with Crippen LogP contribution in [0, 0.1) is 12.7 Å². The minimum absolute atomic E-state index is 0.0295. The number of hydrogen-bond donors (Lipinski definition) is 2. The molecule has 15 heteroatoms. The maximum Gasteiger partial charge on any atom is 0.435 e. The highest BCUT2D eigenvalue weighted by molar-refractivity contribution is 6.08. The van der Waals surface area contributed by atoms with E-state index in [9.17, 15) is 49.1 Å². The Morgan fingerprint density at radius 1 is 0.800 bits per heavy atom. The molecular weight excluding hydrogens is 566 g/mol. The molecule has 5 nitrogen and oxygen atoms in total. The van der Waals surface area contributed by atoms with Crippen molar-refractivity contribution in [3.05, 3.63) is 88.7 Å². The standard InChI is InChI=1S/C25H16F10N2O3/c1-12-10-14(23(29,24(30,31)32)25(33,34)35)11-17(40-22(27)28)19(12)37-21(39)15-8-5-9-16(18(15)26)36-20(38)13-6-3-2-4-7-13/h2-11,22H,1H3,(H,36,38)(H,37,39). The number of halogens is 10. The Labute approximate surface area is 218 Å². The molecule has 2 N–H and O–H groups in total. The molecule has 40 heavy (non-hydrogen) atoms. The molecule has 0 aromatic heterocycles. The molecular formula is C25H16F10N2O3. The number of aryl methyl sites for hydroxylation is 1. The molecule has 2 amide bonds. The zero-order valence-electron chi connectivity index (χ0n) is 19.9. The lowest BCUT2D eigenvalue weighted by Crippen LogP contribution is -2.50. The monoisotopic (exact) mass is 582 g/mol. The highest BCUT2D eigenvalue weighted by Crippen LogP contribution is 2.54. The summed E-state index contributed by atoms with van der Waals surface area (Å²) in [6.07, 6.45) is -13.1. The fraction of sp³-hybridized carbons (Fsp3) is 0.200. The third-order valence-corrected chi connectivity index (χ3v) is 5.46. The average Bonchev–Trinajstić information content (AvgIpc) is 2.85. The highest BCUT2D eigenvalue weighted by Gasteiger charge is 2.73. The Hall–Kier alpha value is -4.30. The minimum atomic E-state index is -6.56. The van der Waals surface area contributed by atoms with Gasteiger partial charge in [0.25, 0.3) is 11.8 Å². The minimum Gasteiger partial charge on any atom is -0.433 e. The normalized spacial score (nSPS) is 12.3. The molecule has 0 fully saturated rings. The van der Waals surface area contributed by atoms with Crippen molar-refractivity contribution in [1.29, 1.82) is 0 Å². The number of carbonyl (C=O) groups excluding carboxylic acids is 2. The zero-order chi connectivity index (χ0) is 30.0. The number of anilines is 2. The van der Waals surface area contributed by atoms with Gasteiger partial charge in [-0.15, -0.1) is 0 Å². The maximum absolute atomic E-state index is 15.1. The number of nitrogens with one attached hydrogen (secondary N) is 2. The molecule has 0 unspecified atom stereocenters. The van der Waals surface area contributed by atoms with Crippen molar-refractivity contribution in [2.45, 2.75) is 31.6 Å². The molecule has 0 aliphatic heterocycles. The second-order valence-corrected chi connectivity index (χ2v) is 8.14. The van der Waals surface area contributed by atoms with Gasteiger partial charge in [0.15, 0.2) is 5.82 Å². The summed E-state index contributed by atoms with van der Waals surface area (Å²) < 4.78 is 139. The Balaban J connectivity index is 2.02. The number of alkyl halides is 9. The topological polar surface area (TPSA) is 67.4 Å². The van der Waals surface area contributed by atoms with Crippen LogP contribution < -0.4 is 15.4 Å².